The number of aryl methyl sites for hydroxylation is 1. The molecule has 1 rings (SSSR count). The summed E-state index contributed by atoms with van der Waals surface area (Å²) in [6.45, 7) is 1.73. The molecule has 0 fully saturated rings. The van der Waals surface area contributed by atoms with E-state index in [2.05, 4.69) is 14.8 Å². The topological polar surface area (TPSA) is 103 Å². The summed E-state index contributed by atoms with van der Waals surface area (Å²) in [5.41, 5.74) is 5.28. The summed E-state index contributed by atoms with van der Waals surface area (Å²) >= 11 is 0. The van der Waals surface area contributed by atoms with Crippen molar-refractivity contribution in [1.29, 1.82) is 0 Å². The average molecular weight is 233 g/mol. The summed E-state index contributed by atoms with van der Waals surface area (Å²) in [6.07, 6.45) is 1.51. The summed E-state index contributed by atoms with van der Waals surface area (Å²) in [6, 6.07) is 0. The number of hydrogen-bond donors (Lipinski definition) is 2. The van der Waals surface area contributed by atoms with Gasteiger partial charge in [-0.05, 0) is 6.92 Å². The van der Waals surface area contributed by atoms with Gasteiger partial charge in [-0.1, -0.05) is 0 Å². The largest absolute Gasteiger partial charge is 0.329 e. The van der Waals surface area contributed by atoms with Gasteiger partial charge in [0, 0.05) is 13.6 Å². The van der Waals surface area contributed by atoms with Crippen LogP contribution in [0.5, 0.6) is 0 Å². The molecule has 0 aliphatic carbocycles. The summed E-state index contributed by atoms with van der Waals surface area (Å²) in [5.74, 6) is 0.435. The molecule has 3 N–H and O–H groups in total. The fourth-order valence-corrected chi connectivity index (χ4v) is 1.77. The van der Waals surface area contributed by atoms with Crippen LogP contribution in [0.15, 0.2) is 6.33 Å². The number of rotatable bonds is 5. The lowest BCUT2D eigenvalue weighted by molar-refractivity contribution is 0.566. The molecule has 1 unspecified atom stereocenters. The normalized spacial score (nSPS) is 14.1. The minimum absolute atomic E-state index is 0.0883. The molecule has 0 saturated heterocycles. The molecule has 1 aromatic heterocycles. The van der Waals surface area contributed by atoms with Gasteiger partial charge in [0.05, 0.1) is 11.8 Å². The summed E-state index contributed by atoms with van der Waals surface area (Å²) < 4.78 is 26.9. The van der Waals surface area contributed by atoms with Gasteiger partial charge in [0.1, 0.15) is 6.33 Å². The Morgan fingerprint density at radius 3 is 2.80 bits per heavy atom. The minimum atomic E-state index is -3.36. The second kappa shape index (κ2) is 4.69. The summed E-state index contributed by atoms with van der Waals surface area (Å²) in [5, 5.41) is 3.34. The van der Waals surface area contributed by atoms with Gasteiger partial charge in [0.2, 0.25) is 10.0 Å². The number of aromatic nitrogens is 3. The Hall–Kier alpha value is -0.990. The molecule has 0 amide bonds. The first-order valence-electron chi connectivity index (χ1n) is 4.48. The van der Waals surface area contributed by atoms with Crippen LogP contribution in [-0.2, 0) is 23.6 Å². The lowest BCUT2D eigenvalue weighted by Crippen LogP contribution is -2.36. The van der Waals surface area contributed by atoms with E-state index < -0.39 is 15.3 Å². The standard InChI is InChI=1S/C7H15N5O2S/c1-6(3-8)15(13,14)10-4-7-9-5-12(2)11-7/h5-6,10H,3-4,8H2,1-2H3. The van der Waals surface area contributed by atoms with Crippen LogP contribution in [0.1, 0.15) is 12.7 Å². The van der Waals surface area contributed by atoms with Crippen molar-refractivity contribution in [2.75, 3.05) is 6.54 Å². The van der Waals surface area contributed by atoms with E-state index in [1.54, 1.807) is 14.0 Å². The van der Waals surface area contributed by atoms with E-state index in [-0.39, 0.29) is 13.1 Å². The highest BCUT2D eigenvalue weighted by molar-refractivity contribution is 7.90. The summed E-state index contributed by atoms with van der Waals surface area (Å²) in [4.78, 5) is 3.90. The van der Waals surface area contributed by atoms with E-state index in [1.807, 2.05) is 0 Å². The molecule has 7 nitrogen and oxygen atoms in total. The molecule has 0 aliphatic heterocycles. The maximum Gasteiger partial charge on any atom is 0.215 e. The Kier molecular flexibility index (Phi) is 3.77. The van der Waals surface area contributed by atoms with Gasteiger partial charge in [-0.2, -0.15) is 5.10 Å². The lowest BCUT2D eigenvalue weighted by Gasteiger charge is -2.10. The first-order valence-corrected chi connectivity index (χ1v) is 6.03. The quantitative estimate of drug-likeness (QED) is 0.650. The van der Waals surface area contributed by atoms with E-state index in [4.69, 9.17) is 5.73 Å². The van der Waals surface area contributed by atoms with Crippen LogP contribution < -0.4 is 10.5 Å². The monoisotopic (exact) mass is 233 g/mol. The van der Waals surface area contributed by atoms with Crippen molar-refractivity contribution in [3.8, 4) is 0 Å². The highest BCUT2D eigenvalue weighted by atomic mass is 32.2. The van der Waals surface area contributed by atoms with Crippen molar-refractivity contribution in [1.82, 2.24) is 19.5 Å². The molecule has 1 atom stereocenters. The van der Waals surface area contributed by atoms with E-state index in [9.17, 15) is 8.42 Å². The van der Waals surface area contributed by atoms with Crippen molar-refractivity contribution in [3.63, 3.8) is 0 Å². The molecule has 15 heavy (non-hydrogen) atoms. The van der Waals surface area contributed by atoms with Crippen molar-refractivity contribution in [3.05, 3.63) is 12.2 Å². The molecule has 0 bridgehead atoms. The predicted molar refractivity (Wildman–Crippen MR) is 55.3 cm³/mol. The Labute approximate surface area is 88.7 Å². The fraction of sp³-hybridized carbons (Fsp3) is 0.714. The van der Waals surface area contributed by atoms with Crippen LogP contribution in [0.4, 0.5) is 0 Å². The second-order valence-electron chi connectivity index (χ2n) is 3.25. The van der Waals surface area contributed by atoms with Crippen LogP contribution >= 0.6 is 0 Å². The van der Waals surface area contributed by atoms with Crippen LogP contribution in [-0.4, -0.2) is 35.0 Å². The van der Waals surface area contributed by atoms with Crippen LogP contribution in [0.3, 0.4) is 0 Å². The smallest absolute Gasteiger partial charge is 0.215 e. The zero-order valence-corrected chi connectivity index (χ0v) is 9.53. The molecule has 0 spiro atoms. The summed E-state index contributed by atoms with van der Waals surface area (Å²) in [7, 11) is -1.65. The van der Waals surface area contributed by atoms with E-state index >= 15 is 0 Å². The maximum absolute atomic E-state index is 11.5. The third kappa shape index (κ3) is 3.26. The molecule has 86 valence electrons. The van der Waals surface area contributed by atoms with Crippen molar-refractivity contribution >= 4 is 10.0 Å². The van der Waals surface area contributed by atoms with Gasteiger partial charge >= 0.3 is 0 Å². The van der Waals surface area contributed by atoms with Gasteiger partial charge in [-0.3, -0.25) is 4.68 Å². The van der Waals surface area contributed by atoms with Crippen LogP contribution in [0.25, 0.3) is 0 Å². The van der Waals surface area contributed by atoms with Crippen molar-refractivity contribution < 1.29 is 8.42 Å². The average Bonchev–Trinajstić information content (AvgIpc) is 2.60. The SMILES string of the molecule is CC(CN)S(=O)(=O)NCc1ncn(C)n1. The Balaban J connectivity index is 2.57. The Bertz CT molecular complexity index is 413. The molecule has 0 saturated carbocycles. The van der Waals surface area contributed by atoms with Crippen molar-refractivity contribution in [2.24, 2.45) is 12.8 Å². The molecule has 1 aromatic rings. The number of hydrogen-bond acceptors (Lipinski definition) is 5. The first-order chi connectivity index (χ1) is 6.95. The zero-order chi connectivity index (χ0) is 11.5. The van der Waals surface area contributed by atoms with E-state index in [0.29, 0.717) is 5.82 Å². The zero-order valence-electron chi connectivity index (χ0n) is 8.71. The molecular weight excluding hydrogens is 218 g/mol. The van der Waals surface area contributed by atoms with Gasteiger partial charge in [0.15, 0.2) is 5.82 Å². The second-order valence-corrected chi connectivity index (χ2v) is 5.43. The predicted octanol–water partition coefficient (Wildman–Crippen LogP) is -1.42. The minimum Gasteiger partial charge on any atom is -0.329 e. The molecule has 0 radical (unpaired) electrons. The molecular formula is C7H15N5O2S. The van der Waals surface area contributed by atoms with Gasteiger partial charge in [-0.15, -0.1) is 0 Å². The highest BCUT2D eigenvalue weighted by Gasteiger charge is 2.18. The fourth-order valence-electron chi connectivity index (χ4n) is 0.899. The molecule has 0 aliphatic rings. The molecule has 1 heterocycles. The van der Waals surface area contributed by atoms with Gasteiger partial charge in [-0.25, -0.2) is 18.1 Å². The third-order valence-corrected chi connectivity index (χ3v) is 3.74. The number of nitrogens with zero attached hydrogens (tertiary/aromatic N) is 3. The van der Waals surface area contributed by atoms with E-state index in [1.165, 1.54) is 11.0 Å². The Morgan fingerprint density at radius 1 is 1.67 bits per heavy atom. The lowest BCUT2D eigenvalue weighted by atomic mass is 10.5. The van der Waals surface area contributed by atoms with Gasteiger partial charge in [0.25, 0.3) is 0 Å². The van der Waals surface area contributed by atoms with Crippen LogP contribution in [0.2, 0.25) is 0 Å². The highest BCUT2D eigenvalue weighted by Crippen LogP contribution is 1.97. The Morgan fingerprint density at radius 2 is 2.33 bits per heavy atom. The van der Waals surface area contributed by atoms with E-state index in [0.717, 1.165) is 0 Å². The van der Waals surface area contributed by atoms with Gasteiger partial charge < -0.3 is 5.73 Å². The number of nitrogens with two attached hydrogens (primary N) is 1. The third-order valence-electron chi connectivity index (χ3n) is 1.94. The van der Waals surface area contributed by atoms with Crippen molar-refractivity contribution in [2.45, 2.75) is 18.7 Å². The maximum atomic E-state index is 11.5. The molecule has 8 heteroatoms. The number of nitrogens with one attached hydrogen (secondary N) is 1. The molecule has 0 aromatic carbocycles. The number of sulfonamides is 1. The van der Waals surface area contributed by atoms with Crippen LogP contribution in [0, 0.1) is 0 Å². The first kappa shape index (κ1) is 12.1.